The molecule has 1 N–H and O–H groups in total. The smallest absolute Gasteiger partial charge is 0.0476 e. The minimum Gasteiger partial charge on any atom is -0.354 e. The highest BCUT2D eigenvalue weighted by molar-refractivity contribution is 14.1. The Labute approximate surface area is 142 Å². The van der Waals surface area contributed by atoms with E-state index in [1.165, 1.54) is 28.9 Å². The zero-order valence-corrected chi connectivity index (χ0v) is 15.8. The summed E-state index contributed by atoms with van der Waals surface area (Å²) in [7, 11) is 0. The lowest BCUT2D eigenvalue weighted by Gasteiger charge is -1.98. The number of H-pyrrole nitrogens is 1. The van der Waals surface area contributed by atoms with E-state index in [9.17, 15) is 0 Å². The molecular weight excluding hydrogens is 572 g/mol. The molecule has 86 valence electrons. The van der Waals surface area contributed by atoms with Crippen molar-refractivity contribution in [3.05, 3.63) is 40.4 Å². The number of fused-ring (bicyclic) bond motifs is 3. The van der Waals surface area contributed by atoms with Crippen LogP contribution in [0.3, 0.4) is 0 Å². The van der Waals surface area contributed by atoms with Gasteiger partial charge in [-0.05, 0) is 101 Å². The maximum atomic E-state index is 3.56. The van der Waals surface area contributed by atoms with Crippen molar-refractivity contribution in [3.8, 4) is 0 Å². The van der Waals surface area contributed by atoms with Gasteiger partial charge in [0.15, 0.2) is 0 Å². The molecule has 2 aromatic carbocycles. The first-order valence-electron chi connectivity index (χ1n) is 4.82. The van der Waals surface area contributed by atoms with Crippen LogP contribution in [0.1, 0.15) is 0 Å². The predicted molar refractivity (Wildman–Crippen MR) is 96.6 cm³/mol. The van der Waals surface area contributed by atoms with Gasteiger partial charge in [0.25, 0.3) is 0 Å². The Kier molecular flexibility index (Phi) is 3.46. The molecule has 0 atom stereocenters. The fraction of sp³-hybridized carbons (Fsp3) is 0. The van der Waals surface area contributed by atoms with Gasteiger partial charge in [-0.3, -0.25) is 0 Å². The zero-order valence-electron chi connectivity index (χ0n) is 8.32. The van der Waals surface area contributed by atoms with Gasteiger partial charge in [-0.1, -0.05) is 0 Å². The first-order chi connectivity index (χ1) is 8.06. The second-order valence-corrected chi connectivity index (χ2v) is 7.78. The molecule has 0 amide bonds. The summed E-state index contributed by atoms with van der Waals surface area (Å²) in [5.41, 5.74) is 2.34. The Morgan fingerprint density at radius 2 is 1.18 bits per heavy atom. The second kappa shape index (κ2) is 4.64. The normalized spacial score (nSPS) is 11.5. The lowest BCUT2D eigenvalue weighted by Crippen LogP contribution is -1.76. The van der Waals surface area contributed by atoms with E-state index in [1.807, 2.05) is 0 Å². The number of hydrogen-bond donors (Lipinski definition) is 1. The molecule has 17 heavy (non-hydrogen) atoms. The number of aromatic amines is 1. The highest BCUT2D eigenvalue weighted by atomic mass is 127. The average molecular weight is 577 g/mol. The molecule has 0 bridgehead atoms. The van der Waals surface area contributed by atoms with E-state index in [0.29, 0.717) is 0 Å². The Balaban J connectivity index is 2.51. The van der Waals surface area contributed by atoms with E-state index in [4.69, 9.17) is 0 Å². The van der Waals surface area contributed by atoms with Crippen LogP contribution in [0.25, 0.3) is 21.8 Å². The summed E-state index contributed by atoms with van der Waals surface area (Å²) in [5, 5.41) is 2.55. The number of benzene rings is 2. The highest BCUT2D eigenvalue weighted by Gasteiger charge is 2.09. The van der Waals surface area contributed by atoms with Crippen LogP contribution in [-0.4, -0.2) is 4.98 Å². The van der Waals surface area contributed by atoms with Gasteiger partial charge in [-0.25, -0.2) is 0 Å². The van der Waals surface area contributed by atoms with E-state index < -0.39 is 0 Å². The van der Waals surface area contributed by atoms with Crippen LogP contribution < -0.4 is 0 Å². The molecule has 0 radical (unpaired) electrons. The highest BCUT2D eigenvalue weighted by Crippen LogP contribution is 2.34. The summed E-state index contributed by atoms with van der Waals surface area (Å²) >= 11 is 11.8. The lowest BCUT2D eigenvalue weighted by atomic mass is 10.2. The second-order valence-electron chi connectivity index (χ2n) is 3.75. The van der Waals surface area contributed by atoms with Gasteiger partial charge in [0, 0.05) is 37.9 Å². The van der Waals surface area contributed by atoms with Gasteiger partial charge in [0.2, 0.25) is 0 Å². The van der Waals surface area contributed by atoms with Gasteiger partial charge >= 0.3 is 0 Å². The first kappa shape index (κ1) is 12.7. The lowest BCUT2D eigenvalue weighted by molar-refractivity contribution is 1.51. The Bertz CT molecular complexity index is 687. The van der Waals surface area contributed by atoms with Gasteiger partial charge in [-0.2, -0.15) is 0 Å². The van der Waals surface area contributed by atoms with Crippen LogP contribution in [0.2, 0.25) is 0 Å². The molecule has 1 aromatic heterocycles. The molecular formula is C12H5Br2I2N. The quantitative estimate of drug-likeness (QED) is 0.314. The SMILES string of the molecule is Brc1cc2[nH]c3cc(Br)c(I)cc3c2cc1I. The molecule has 5 heteroatoms. The summed E-state index contributed by atoms with van der Waals surface area (Å²) < 4.78 is 4.72. The molecule has 0 aliphatic rings. The van der Waals surface area contributed by atoms with Crippen LogP contribution in [0, 0.1) is 7.14 Å². The molecule has 0 aliphatic heterocycles. The van der Waals surface area contributed by atoms with Crippen LogP contribution in [0.5, 0.6) is 0 Å². The van der Waals surface area contributed by atoms with Gasteiger partial charge < -0.3 is 4.98 Å². The van der Waals surface area contributed by atoms with Crippen molar-refractivity contribution in [1.82, 2.24) is 4.98 Å². The molecule has 1 nitrogen and oxygen atoms in total. The molecule has 0 unspecified atom stereocenters. The molecule has 0 saturated heterocycles. The fourth-order valence-electron chi connectivity index (χ4n) is 1.89. The van der Waals surface area contributed by atoms with Gasteiger partial charge in [0.05, 0.1) is 0 Å². The van der Waals surface area contributed by atoms with Crippen LogP contribution >= 0.6 is 77.0 Å². The van der Waals surface area contributed by atoms with E-state index in [2.05, 4.69) is 106 Å². The molecule has 3 rings (SSSR count). The summed E-state index contributed by atoms with van der Waals surface area (Å²) in [6.45, 7) is 0. The van der Waals surface area contributed by atoms with Crippen molar-refractivity contribution in [2.45, 2.75) is 0 Å². The van der Waals surface area contributed by atoms with E-state index in [0.717, 1.165) is 8.95 Å². The standard InChI is InChI=1S/C12H5Br2I2N/c13-7-3-11-5(1-9(7)15)6-2-10(16)8(14)4-12(6)17-11/h1-4,17H. The van der Waals surface area contributed by atoms with E-state index in [-0.39, 0.29) is 0 Å². The molecule has 0 saturated carbocycles. The van der Waals surface area contributed by atoms with Crippen molar-refractivity contribution in [1.29, 1.82) is 0 Å². The summed E-state index contributed by atoms with van der Waals surface area (Å²) in [4.78, 5) is 3.45. The number of aromatic nitrogens is 1. The van der Waals surface area contributed by atoms with Crippen molar-refractivity contribution in [2.24, 2.45) is 0 Å². The summed E-state index contributed by atoms with van der Waals surface area (Å²) in [6.07, 6.45) is 0. The van der Waals surface area contributed by atoms with E-state index in [1.54, 1.807) is 0 Å². The van der Waals surface area contributed by atoms with E-state index >= 15 is 0 Å². The Hall–Kier alpha value is 0.660. The topological polar surface area (TPSA) is 15.8 Å². The third-order valence-electron chi connectivity index (χ3n) is 2.68. The summed E-state index contributed by atoms with van der Waals surface area (Å²) in [6, 6.07) is 8.70. The van der Waals surface area contributed by atoms with Crippen molar-refractivity contribution in [3.63, 3.8) is 0 Å². The molecule has 3 aromatic rings. The molecule has 0 aliphatic carbocycles. The monoisotopic (exact) mass is 575 g/mol. The Morgan fingerprint density at radius 1 is 0.765 bits per heavy atom. The van der Waals surface area contributed by atoms with Crippen molar-refractivity contribution < 1.29 is 0 Å². The Morgan fingerprint density at radius 3 is 1.59 bits per heavy atom. The number of hydrogen-bond acceptors (Lipinski definition) is 0. The summed E-state index contributed by atoms with van der Waals surface area (Å²) in [5.74, 6) is 0. The third-order valence-corrected chi connectivity index (χ3v) is 7.26. The number of halogens is 4. The van der Waals surface area contributed by atoms with Crippen LogP contribution in [0.4, 0.5) is 0 Å². The van der Waals surface area contributed by atoms with Crippen molar-refractivity contribution in [2.75, 3.05) is 0 Å². The minimum atomic E-state index is 1.13. The van der Waals surface area contributed by atoms with Gasteiger partial charge in [0.1, 0.15) is 0 Å². The average Bonchev–Trinajstić information content (AvgIpc) is 2.58. The van der Waals surface area contributed by atoms with Crippen LogP contribution in [0.15, 0.2) is 33.2 Å². The molecule has 0 fully saturated rings. The molecule has 0 spiro atoms. The van der Waals surface area contributed by atoms with Crippen LogP contribution in [-0.2, 0) is 0 Å². The largest absolute Gasteiger partial charge is 0.354 e. The number of nitrogens with one attached hydrogen (secondary N) is 1. The van der Waals surface area contributed by atoms with Gasteiger partial charge in [-0.15, -0.1) is 0 Å². The third kappa shape index (κ3) is 2.17. The first-order valence-corrected chi connectivity index (χ1v) is 8.56. The maximum Gasteiger partial charge on any atom is 0.0476 e. The molecule has 1 heterocycles. The minimum absolute atomic E-state index is 1.13. The predicted octanol–water partition coefficient (Wildman–Crippen LogP) is 6.06. The zero-order chi connectivity index (χ0) is 12.2. The fourth-order valence-corrected chi connectivity index (χ4v) is 3.51. The number of rotatable bonds is 0. The van der Waals surface area contributed by atoms with Crippen molar-refractivity contribution >= 4 is 98.8 Å². The maximum absolute atomic E-state index is 3.56.